The Morgan fingerprint density at radius 1 is 0.383 bits per heavy atom. The molecule has 0 atom stereocenters. The summed E-state index contributed by atoms with van der Waals surface area (Å²) < 4.78 is 2.40. The number of hydrogen-bond acceptors (Lipinski definition) is 3. The van der Waals surface area contributed by atoms with E-state index in [9.17, 15) is 0 Å². The molecule has 1 aliphatic rings. The van der Waals surface area contributed by atoms with Gasteiger partial charge in [0.2, 0.25) is 0 Å². The molecule has 2 aromatic heterocycles. The number of benzene rings is 9. The minimum Gasteiger partial charge on any atom is -0.309 e. The highest BCUT2D eigenvalue weighted by Gasteiger charge is 2.21. The van der Waals surface area contributed by atoms with Crippen molar-refractivity contribution in [2.24, 2.45) is 0 Å². The molecule has 60 heavy (non-hydrogen) atoms. The lowest BCUT2D eigenvalue weighted by atomic mass is 9.92. The van der Waals surface area contributed by atoms with Gasteiger partial charge in [0.1, 0.15) is 0 Å². The Labute approximate surface area is 346 Å². The van der Waals surface area contributed by atoms with E-state index in [2.05, 4.69) is 174 Å². The zero-order chi connectivity index (χ0) is 39.6. The number of rotatable bonds is 6. The molecule has 0 saturated heterocycles. The van der Waals surface area contributed by atoms with Crippen molar-refractivity contribution in [2.45, 2.75) is 0 Å². The van der Waals surface area contributed by atoms with Gasteiger partial charge in [-0.3, -0.25) is 0 Å². The SMILES string of the molecule is C1=CC=CC(c2cc(-c3ccccc3)cc(-c3nc(-c4ccccc4)nc(-c4ccc5c(c4)c4c6ccc7cccc8ccc(cc4n5-c4ccccc4)c6c87)n3)c2)=CC=1. The Morgan fingerprint density at radius 3 is 1.82 bits per heavy atom. The maximum atomic E-state index is 5.33. The molecule has 0 radical (unpaired) electrons. The molecular weight excluding hydrogens is 729 g/mol. The number of aromatic nitrogens is 4. The van der Waals surface area contributed by atoms with Gasteiger partial charge in [0.05, 0.1) is 11.0 Å². The maximum Gasteiger partial charge on any atom is 0.164 e. The fourth-order valence-corrected chi connectivity index (χ4v) is 9.03. The first-order chi connectivity index (χ1) is 29.7. The van der Waals surface area contributed by atoms with Crippen LogP contribution in [0, 0.1) is 0 Å². The minimum atomic E-state index is 0.611. The molecule has 11 aromatic rings. The summed E-state index contributed by atoms with van der Waals surface area (Å²) in [4.78, 5) is 15.7. The van der Waals surface area contributed by atoms with Crippen molar-refractivity contribution in [3.8, 4) is 51.0 Å². The lowest BCUT2D eigenvalue weighted by molar-refractivity contribution is 1.07. The highest BCUT2D eigenvalue weighted by molar-refractivity contribution is 6.33. The second kappa shape index (κ2) is 13.7. The van der Waals surface area contributed by atoms with Gasteiger partial charge < -0.3 is 4.57 Å². The number of nitrogens with zero attached hydrogens (tertiary/aromatic N) is 4. The Bertz CT molecular complexity index is 3590. The molecular formula is C56H34N4. The van der Waals surface area contributed by atoms with Crippen molar-refractivity contribution in [1.29, 1.82) is 0 Å². The zero-order valence-electron chi connectivity index (χ0n) is 32.4. The number of para-hydroxylation sites is 1. The van der Waals surface area contributed by atoms with Gasteiger partial charge in [0.25, 0.3) is 0 Å². The van der Waals surface area contributed by atoms with Gasteiger partial charge in [-0.05, 0) is 127 Å². The standard InChI is InChI=1S/C56H34N4/c1-2-7-16-36(15-6-1)43-31-44(37-17-8-3-9-18-37)33-45(32-43)56-58-54(40-19-10-4-11-20-40)57-55(59-56)42-28-30-49-48(34-42)53-47-29-27-39-22-14-21-38-25-26-41(52(47)51(38)39)35-50(53)60(49)46-23-12-5-13-24-46/h1,3-35H. The van der Waals surface area contributed by atoms with E-state index in [-0.39, 0.29) is 0 Å². The minimum absolute atomic E-state index is 0.611. The highest BCUT2D eigenvalue weighted by Crippen LogP contribution is 2.44. The summed E-state index contributed by atoms with van der Waals surface area (Å²) in [7, 11) is 0. The average Bonchev–Trinajstić information content (AvgIpc) is 3.42. The van der Waals surface area contributed by atoms with E-state index in [1.54, 1.807) is 0 Å². The van der Waals surface area contributed by atoms with E-state index < -0.39 is 0 Å². The lowest BCUT2D eigenvalue weighted by Gasteiger charge is -2.13. The Kier molecular flexibility index (Phi) is 7.77. The Balaban J connectivity index is 1.12. The van der Waals surface area contributed by atoms with E-state index in [4.69, 9.17) is 15.0 Å². The van der Waals surface area contributed by atoms with Crippen LogP contribution in [-0.2, 0) is 0 Å². The van der Waals surface area contributed by atoms with Crippen LogP contribution in [0.3, 0.4) is 0 Å². The van der Waals surface area contributed by atoms with E-state index >= 15 is 0 Å². The van der Waals surface area contributed by atoms with E-state index in [0.717, 1.165) is 61.1 Å². The molecule has 0 fully saturated rings. The molecule has 0 saturated carbocycles. The summed E-state index contributed by atoms with van der Waals surface area (Å²) in [5.41, 5.74) is 13.7. The van der Waals surface area contributed by atoms with Gasteiger partial charge in [-0.15, -0.1) is 5.73 Å². The third-order valence-electron chi connectivity index (χ3n) is 11.8. The first-order valence-corrected chi connectivity index (χ1v) is 20.3. The predicted octanol–water partition coefficient (Wildman–Crippen LogP) is 14.2. The summed E-state index contributed by atoms with van der Waals surface area (Å²) in [6.07, 6.45) is 10.1. The normalized spacial score (nSPS) is 12.6. The van der Waals surface area contributed by atoms with E-state index in [0.29, 0.717) is 17.5 Å². The van der Waals surface area contributed by atoms with Crippen LogP contribution in [0.1, 0.15) is 5.56 Å². The molecule has 1 aliphatic carbocycles. The Morgan fingerprint density at radius 2 is 1.03 bits per heavy atom. The molecule has 0 amide bonds. The molecule has 0 aliphatic heterocycles. The first-order valence-electron chi connectivity index (χ1n) is 20.3. The van der Waals surface area contributed by atoms with Gasteiger partial charge in [-0.1, -0.05) is 133 Å². The second-order valence-corrected chi connectivity index (χ2v) is 15.3. The monoisotopic (exact) mass is 762 g/mol. The number of allylic oxidation sites excluding steroid dienone is 5. The van der Waals surface area contributed by atoms with Gasteiger partial charge >= 0.3 is 0 Å². The second-order valence-electron chi connectivity index (χ2n) is 15.3. The molecule has 0 spiro atoms. The predicted molar refractivity (Wildman–Crippen MR) is 249 cm³/mol. The van der Waals surface area contributed by atoms with Gasteiger partial charge in [-0.25, -0.2) is 15.0 Å². The van der Waals surface area contributed by atoms with Crippen molar-refractivity contribution < 1.29 is 0 Å². The van der Waals surface area contributed by atoms with Crippen molar-refractivity contribution >= 4 is 59.7 Å². The smallest absolute Gasteiger partial charge is 0.164 e. The lowest BCUT2D eigenvalue weighted by Crippen LogP contribution is -2.01. The molecule has 2 heterocycles. The first kappa shape index (κ1) is 33.9. The largest absolute Gasteiger partial charge is 0.309 e. The fourth-order valence-electron chi connectivity index (χ4n) is 9.03. The van der Waals surface area contributed by atoms with Crippen LogP contribution < -0.4 is 0 Å². The van der Waals surface area contributed by atoms with Crippen LogP contribution >= 0.6 is 0 Å². The van der Waals surface area contributed by atoms with Crippen molar-refractivity contribution in [3.63, 3.8) is 0 Å². The van der Waals surface area contributed by atoms with Crippen LogP contribution in [0.5, 0.6) is 0 Å². The van der Waals surface area contributed by atoms with Crippen LogP contribution in [0.2, 0.25) is 0 Å². The molecule has 12 rings (SSSR count). The maximum absolute atomic E-state index is 5.33. The van der Waals surface area contributed by atoms with Crippen molar-refractivity contribution in [3.05, 3.63) is 218 Å². The quantitative estimate of drug-likeness (QED) is 0.125. The van der Waals surface area contributed by atoms with Gasteiger partial charge in [-0.2, -0.15) is 0 Å². The molecule has 0 bridgehead atoms. The summed E-state index contributed by atoms with van der Waals surface area (Å²) in [6, 6.07) is 62.7. The van der Waals surface area contributed by atoms with Crippen LogP contribution in [0.25, 0.3) is 111 Å². The molecule has 0 unspecified atom stereocenters. The third kappa shape index (κ3) is 5.59. The molecule has 4 nitrogen and oxygen atoms in total. The van der Waals surface area contributed by atoms with Crippen molar-refractivity contribution in [2.75, 3.05) is 0 Å². The number of fused-ring (bicyclic) bond motifs is 4. The fraction of sp³-hybridized carbons (Fsp3) is 0. The summed E-state index contributed by atoms with van der Waals surface area (Å²) >= 11 is 0. The van der Waals surface area contributed by atoms with Gasteiger partial charge in [0.15, 0.2) is 17.5 Å². The Hall–Kier alpha value is -8.17. The zero-order valence-corrected chi connectivity index (χ0v) is 32.4. The van der Waals surface area contributed by atoms with Crippen molar-refractivity contribution in [1.82, 2.24) is 19.5 Å². The third-order valence-corrected chi connectivity index (χ3v) is 11.8. The van der Waals surface area contributed by atoms with Crippen LogP contribution in [0.15, 0.2) is 212 Å². The van der Waals surface area contributed by atoms with Crippen LogP contribution in [-0.4, -0.2) is 19.5 Å². The summed E-state index contributed by atoms with van der Waals surface area (Å²) in [5, 5.41) is 9.94. The summed E-state index contributed by atoms with van der Waals surface area (Å²) in [5.74, 6) is 1.85. The topological polar surface area (TPSA) is 43.6 Å². The van der Waals surface area contributed by atoms with Gasteiger partial charge in [0, 0.05) is 33.2 Å². The summed E-state index contributed by atoms with van der Waals surface area (Å²) in [6.45, 7) is 0. The molecule has 9 aromatic carbocycles. The molecule has 4 heteroatoms. The van der Waals surface area contributed by atoms with Crippen LogP contribution in [0.4, 0.5) is 0 Å². The molecule has 278 valence electrons. The highest BCUT2D eigenvalue weighted by atomic mass is 15.0. The molecule has 0 N–H and O–H groups in total. The number of hydrogen-bond donors (Lipinski definition) is 0. The van der Waals surface area contributed by atoms with E-state index in [1.165, 1.54) is 37.7 Å². The van der Waals surface area contributed by atoms with E-state index in [1.807, 2.05) is 42.5 Å². The average molecular weight is 763 g/mol.